The number of aromatic nitrogens is 1. The Hall–Kier alpha value is -2.91. The molecule has 0 radical (unpaired) electrons. The summed E-state index contributed by atoms with van der Waals surface area (Å²) in [5.74, 6) is -0.221. The molecular weight excluding hydrogens is 440 g/mol. The number of nitrogens with zero attached hydrogens (tertiary/aromatic N) is 3. The summed E-state index contributed by atoms with van der Waals surface area (Å²) in [7, 11) is -3.50. The van der Waals surface area contributed by atoms with Gasteiger partial charge in [0.15, 0.2) is 5.58 Å². The Bertz CT molecular complexity index is 1200. The van der Waals surface area contributed by atoms with Crippen molar-refractivity contribution in [3.05, 3.63) is 54.1 Å². The molecule has 0 bridgehead atoms. The lowest BCUT2D eigenvalue weighted by Crippen LogP contribution is -2.40. The van der Waals surface area contributed by atoms with Gasteiger partial charge in [0.25, 0.3) is 11.9 Å². The van der Waals surface area contributed by atoms with Crippen molar-refractivity contribution in [2.75, 3.05) is 31.1 Å². The molecule has 1 aromatic heterocycles. The molecule has 1 atom stereocenters. The maximum atomic E-state index is 12.8. The minimum absolute atomic E-state index is 0.0979. The topological polar surface area (TPSA) is 95.7 Å². The molecule has 1 N–H and O–H groups in total. The highest BCUT2D eigenvalue weighted by Gasteiger charge is 2.29. The van der Waals surface area contributed by atoms with Crippen LogP contribution in [0.5, 0.6) is 0 Å². The quantitative estimate of drug-likeness (QED) is 0.596. The van der Waals surface area contributed by atoms with Crippen LogP contribution in [0.3, 0.4) is 0 Å². The molecule has 3 aromatic rings. The Labute approximate surface area is 193 Å². The van der Waals surface area contributed by atoms with Crippen LogP contribution in [0.4, 0.5) is 6.01 Å². The van der Waals surface area contributed by atoms with Crippen LogP contribution in [0.2, 0.25) is 0 Å². The van der Waals surface area contributed by atoms with E-state index in [2.05, 4.69) is 15.2 Å². The largest absolute Gasteiger partial charge is 0.423 e. The molecule has 2 saturated heterocycles. The normalized spacial score (nSPS) is 19.8. The maximum Gasteiger partial charge on any atom is 0.298 e. The first-order valence-corrected chi connectivity index (χ1v) is 13.0. The third-order valence-electron chi connectivity index (χ3n) is 6.47. The second-order valence-corrected chi connectivity index (χ2v) is 10.6. The van der Waals surface area contributed by atoms with Gasteiger partial charge in [0.05, 0.1) is 10.9 Å². The van der Waals surface area contributed by atoms with E-state index in [0.29, 0.717) is 31.2 Å². The molecule has 5 rings (SSSR count). The molecule has 1 amide bonds. The highest BCUT2D eigenvalue weighted by atomic mass is 32.2. The van der Waals surface area contributed by atoms with E-state index in [4.69, 9.17) is 4.42 Å². The van der Waals surface area contributed by atoms with E-state index in [1.54, 1.807) is 12.1 Å². The predicted molar refractivity (Wildman–Crippen MR) is 126 cm³/mol. The zero-order valence-electron chi connectivity index (χ0n) is 18.4. The second kappa shape index (κ2) is 9.15. The minimum Gasteiger partial charge on any atom is -0.423 e. The van der Waals surface area contributed by atoms with Crippen molar-refractivity contribution >= 4 is 33.0 Å². The zero-order valence-corrected chi connectivity index (χ0v) is 19.3. The van der Waals surface area contributed by atoms with Crippen molar-refractivity contribution in [2.24, 2.45) is 0 Å². The number of para-hydroxylation sites is 2. The number of rotatable bonds is 6. The summed E-state index contributed by atoms with van der Waals surface area (Å²) in [6.45, 7) is 2.41. The van der Waals surface area contributed by atoms with Crippen molar-refractivity contribution in [1.82, 2.24) is 14.6 Å². The van der Waals surface area contributed by atoms with Crippen molar-refractivity contribution < 1.29 is 17.6 Å². The Kier molecular flexibility index (Phi) is 6.07. The second-order valence-electron chi connectivity index (χ2n) is 8.65. The Morgan fingerprint density at radius 1 is 1.00 bits per heavy atom. The van der Waals surface area contributed by atoms with Gasteiger partial charge in [-0.3, -0.25) is 4.79 Å². The number of hydrogen-bond acceptors (Lipinski definition) is 6. The summed E-state index contributed by atoms with van der Waals surface area (Å²) in [5.41, 5.74) is 2.02. The van der Waals surface area contributed by atoms with Crippen LogP contribution in [0.1, 0.15) is 42.5 Å². The van der Waals surface area contributed by atoms with E-state index < -0.39 is 10.0 Å². The number of amides is 1. The van der Waals surface area contributed by atoms with Gasteiger partial charge in [-0.25, -0.2) is 8.42 Å². The maximum absolute atomic E-state index is 12.8. The number of carbonyl (C=O) groups excluding carboxylic acids is 1. The van der Waals surface area contributed by atoms with Gasteiger partial charge in [0.1, 0.15) is 5.52 Å². The lowest BCUT2D eigenvalue weighted by Gasteiger charge is -2.26. The number of fused-ring (bicyclic) bond motifs is 1. The van der Waals surface area contributed by atoms with Crippen molar-refractivity contribution in [3.63, 3.8) is 0 Å². The van der Waals surface area contributed by atoms with Gasteiger partial charge in [-0.15, -0.1) is 0 Å². The van der Waals surface area contributed by atoms with Gasteiger partial charge < -0.3 is 14.6 Å². The van der Waals surface area contributed by atoms with Crippen LogP contribution in [0.25, 0.3) is 11.1 Å². The number of nitrogens with one attached hydrogen (secondary N) is 1. The molecule has 2 aliphatic rings. The molecular formula is C24H28N4O4S. The highest BCUT2D eigenvalue weighted by Crippen LogP contribution is 2.28. The Morgan fingerprint density at radius 3 is 2.52 bits per heavy atom. The van der Waals surface area contributed by atoms with Crippen LogP contribution in [-0.2, 0) is 10.0 Å². The predicted octanol–water partition coefficient (Wildman–Crippen LogP) is 3.40. The van der Waals surface area contributed by atoms with Gasteiger partial charge in [-0.1, -0.05) is 18.6 Å². The molecule has 1 unspecified atom stereocenters. The van der Waals surface area contributed by atoms with Crippen LogP contribution < -0.4 is 10.2 Å². The molecule has 2 fully saturated rings. The summed E-state index contributed by atoms with van der Waals surface area (Å²) in [6, 6.07) is 14.6. The summed E-state index contributed by atoms with van der Waals surface area (Å²) in [6.07, 6.45) is 4.78. The smallest absolute Gasteiger partial charge is 0.298 e. The monoisotopic (exact) mass is 468 g/mol. The molecule has 3 heterocycles. The first-order valence-electron chi connectivity index (χ1n) is 11.5. The highest BCUT2D eigenvalue weighted by molar-refractivity contribution is 7.89. The molecule has 0 aliphatic carbocycles. The average molecular weight is 469 g/mol. The van der Waals surface area contributed by atoms with Crippen LogP contribution in [0, 0.1) is 0 Å². The van der Waals surface area contributed by atoms with E-state index in [9.17, 15) is 13.2 Å². The standard InChI is InChI=1S/C24H28N4O4S/c29-23(18-10-12-20(13-11-18)33(30,31)27-14-4-1-5-15-27)25-17-19-7-6-16-28(19)24-26-21-8-2-3-9-22(21)32-24/h2-3,8-13,19H,1,4-7,14-17H2,(H,25,29). The summed E-state index contributed by atoms with van der Waals surface area (Å²) >= 11 is 0. The molecule has 2 aromatic carbocycles. The average Bonchev–Trinajstić information content (AvgIpc) is 3.50. The molecule has 2 aliphatic heterocycles. The zero-order chi connectivity index (χ0) is 22.8. The van der Waals surface area contributed by atoms with E-state index >= 15 is 0 Å². The number of carbonyl (C=O) groups is 1. The third kappa shape index (κ3) is 4.47. The fraction of sp³-hybridized carbons (Fsp3) is 0.417. The number of benzene rings is 2. The SMILES string of the molecule is O=C(NCC1CCCN1c1nc2ccccc2o1)c1ccc(S(=O)(=O)N2CCCCC2)cc1. The summed E-state index contributed by atoms with van der Waals surface area (Å²) in [4.78, 5) is 19.6. The lowest BCUT2D eigenvalue weighted by molar-refractivity contribution is 0.0951. The van der Waals surface area contributed by atoms with Crippen LogP contribution in [-0.4, -0.2) is 55.8 Å². The van der Waals surface area contributed by atoms with Crippen molar-refractivity contribution in [2.45, 2.75) is 43.0 Å². The first kappa shape index (κ1) is 21.9. The molecule has 0 saturated carbocycles. The van der Waals surface area contributed by atoms with Gasteiger partial charge in [-0.2, -0.15) is 9.29 Å². The fourth-order valence-corrected chi connectivity index (χ4v) is 6.14. The third-order valence-corrected chi connectivity index (χ3v) is 8.39. The number of oxazole rings is 1. The number of anilines is 1. The summed E-state index contributed by atoms with van der Waals surface area (Å²) in [5, 5.41) is 2.99. The van der Waals surface area contributed by atoms with E-state index in [1.165, 1.54) is 16.4 Å². The van der Waals surface area contributed by atoms with Crippen LogP contribution in [0.15, 0.2) is 57.8 Å². The minimum atomic E-state index is -3.50. The Morgan fingerprint density at radius 2 is 1.76 bits per heavy atom. The van der Waals surface area contributed by atoms with Crippen LogP contribution >= 0.6 is 0 Å². The van der Waals surface area contributed by atoms with E-state index in [-0.39, 0.29) is 16.8 Å². The van der Waals surface area contributed by atoms with Gasteiger partial charge in [0, 0.05) is 31.7 Å². The molecule has 174 valence electrons. The van der Waals surface area contributed by atoms with Gasteiger partial charge in [0.2, 0.25) is 10.0 Å². The van der Waals surface area contributed by atoms with Gasteiger partial charge in [-0.05, 0) is 62.1 Å². The Balaban J connectivity index is 1.22. The molecule has 9 heteroatoms. The number of piperidine rings is 1. The van der Waals surface area contributed by atoms with E-state index in [0.717, 1.165) is 49.7 Å². The lowest BCUT2D eigenvalue weighted by atomic mass is 10.2. The number of hydrogen-bond donors (Lipinski definition) is 1. The molecule has 8 nitrogen and oxygen atoms in total. The molecule has 33 heavy (non-hydrogen) atoms. The van der Waals surface area contributed by atoms with Crippen molar-refractivity contribution in [3.8, 4) is 0 Å². The van der Waals surface area contributed by atoms with Gasteiger partial charge >= 0.3 is 0 Å². The fourth-order valence-electron chi connectivity index (χ4n) is 4.63. The number of sulfonamides is 1. The van der Waals surface area contributed by atoms with Crippen molar-refractivity contribution in [1.29, 1.82) is 0 Å². The van der Waals surface area contributed by atoms with E-state index in [1.807, 2.05) is 24.3 Å². The first-order chi connectivity index (χ1) is 16.0. The molecule has 0 spiro atoms. The summed E-state index contributed by atoms with van der Waals surface area (Å²) < 4.78 is 33.1.